The summed E-state index contributed by atoms with van der Waals surface area (Å²) in [5.74, 6) is 5.30. The lowest BCUT2D eigenvalue weighted by Crippen LogP contribution is -2.27. The van der Waals surface area contributed by atoms with Gasteiger partial charge >= 0.3 is 5.69 Å². The van der Waals surface area contributed by atoms with Crippen LogP contribution >= 0.6 is 0 Å². The minimum Gasteiger partial charge on any atom is -0.382 e. The molecule has 0 spiro atoms. The number of hydrazine groups is 1. The van der Waals surface area contributed by atoms with Crippen LogP contribution in [0.4, 0.5) is 17.5 Å². The van der Waals surface area contributed by atoms with Crippen molar-refractivity contribution in [3.63, 3.8) is 0 Å². The molecule has 0 aliphatic heterocycles. The second kappa shape index (κ2) is 7.41. The van der Waals surface area contributed by atoms with Gasteiger partial charge in [-0.2, -0.15) is 4.98 Å². The number of nitrogens with one attached hydrogen (secondary N) is 2. The van der Waals surface area contributed by atoms with Gasteiger partial charge in [-0.05, 0) is 0 Å². The van der Waals surface area contributed by atoms with Crippen molar-refractivity contribution in [3.8, 4) is 0 Å². The van der Waals surface area contributed by atoms with Gasteiger partial charge in [-0.1, -0.05) is 0 Å². The van der Waals surface area contributed by atoms with Gasteiger partial charge in [-0.15, -0.1) is 0 Å². The highest BCUT2D eigenvalue weighted by molar-refractivity contribution is 5.56. The first-order valence-corrected chi connectivity index (χ1v) is 5.36. The summed E-state index contributed by atoms with van der Waals surface area (Å²) in [6.45, 7) is 0.649. The van der Waals surface area contributed by atoms with E-state index >= 15 is 0 Å². The number of ether oxygens (including phenoxy) is 2. The Morgan fingerprint density at radius 3 is 2.84 bits per heavy atom. The first kappa shape index (κ1) is 15.0. The highest BCUT2D eigenvalue weighted by atomic mass is 16.6. The van der Waals surface area contributed by atoms with Gasteiger partial charge in [0.25, 0.3) is 0 Å². The van der Waals surface area contributed by atoms with Crippen molar-refractivity contribution in [3.05, 3.63) is 16.3 Å². The van der Waals surface area contributed by atoms with E-state index in [9.17, 15) is 10.1 Å². The normalized spacial score (nSPS) is 11.9. The molecule has 0 amide bonds. The number of hydrogen-bond acceptors (Lipinski definition) is 9. The molecule has 0 radical (unpaired) electrons. The number of anilines is 2. The first-order chi connectivity index (χ1) is 9.12. The summed E-state index contributed by atoms with van der Waals surface area (Å²) in [7, 11) is 3.06. The average molecular weight is 272 g/mol. The lowest BCUT2D eigenvalue weighted by Gasteiger charge is -2.15. The fourth-order valence-corrected chi connectivity index (χ4v) is 1.32. The maximum Gasteiger partial charge on any atom is 0.329 e. The lowest BCUT2D eigenvalue weighted by molar-refractivity contribution is -0.384. The fraction of sp³-hybridized carbons (Fsp3) is 0.556. The third-order valence-electron chi connectivity index (χ3n) is 2.28. The lowest BCUT2D eigenvalue weighted by atomic mass is 10.3. The first-order valence-electron chi connectivity index (χ1n) is 5.36. The van der Waals surface area contributed by atoms with E-state index in [1.807, 2.05) is 0 Å². The number of rotatable bonds is 8. The minimum atomic E-state index is -0.583. The Hall–Kier alpha value is -2.04. The molecule has 0 saturated carbocycles. The number of methoxy groups -OCH3 is 2. The number of nitrogens with zero attached hydrogens (tertiary/aromatic N) is 3. The predicted molar refractivity (Wildman–Crippen MR) is 67.7 cm³/mol. The van der Waals surface area contributed by atoms with E-state index in [4.69, 9.17) is 15.3 Å². The Kier molecular flexibility index (Phi) is 5.85. The van der Waals surface area contributed by atoms with Crippen LogP contribution in [0.3, 0.4) is 0 Å². The van der Waals surface area contributed by atoms with Crippen molar-refractivity contribution in [1.82, 2.24) is 9.97 Å². The van der Waals surface area contributed by atoms with Crippen molar-refractivity contribution in [1.29, 1.82) is 0 Å². The summed E-state index contributed by atoms with van der Waals surface area (Å²) in [6.07, 6.45) is 0.816. The van der Waals surface area contributed by atoms with E-state index < -0.39 is 4.92 Å². The molecule has 10 heteroatoms. The van der Waals surface area contributed by atoms with Gasteiger partial charge < -0.3 is 14.8 Å². The van der Waals surface area contributed by atoms with Crippen LogP contribution in [-0.2, 0) is 9.47 Å². The number of aromatic nitrogens is 2. The zero-order chi connectivity index (χ0) is 14.3. The zero-order valence-electron chi connectivity index (χ0n) is 10.6. The smallest absolute Gasteiger partial charge is 0.329 e. The van der Waals surface area contributed by atoms with Crippen molar-refractivity contribution >= 4 is 17.5 Å². The molecule has 1 aromatic rings. The molecular formula is C9H16N6O4. The molecule has 0 fully saturated rings. The minimum absolute atomic E-state index is 0.0612. The quantitative estimate of drug-likeness (QED) is 0.332. The molecule has 106 valence electrons. The van der Waals surface area contributed by atoms with Crippen molar-refractivity contribution in [2.75, 3.05) is 38.1 Å². The SMILES string of the molecule is COCC(CNc1nc(NN)ncc1[N+](=O)[O-])OC. The van der Waals surface area contributed by atoms with Crippen molar-refractivity contribution < 1.29 is 14.4 Å². The largest absolute Gasteiger partial charge is 0.382 e. The number of nitro groups is 1. The van der Waals surface area contributed by atoms with Gasteiger partial charge in [0.2, 0.25) is 11.8 Å². The van der Waals surface area contributed by atoms with Gasteiger partial charge in [-0.25, -0.2) is 10.8 Å². The summed E-state index contributed by atoms with van der Waals surface area (Å²) in [5.41, 5.74) is 1.98. The molecule has 1 rings (SSSR count). The van der Waals surface area contributed by atoms with Crippen LogP contribution in [0.15, 0.2) is 6.20 Å². The molecule has 0 bridgehead atoms. The molecule has 4 N–H and O–H groups in total. The van der Waals surface area contributed by atoms with Crippen LogP contribution < -0.4 is 16.6 Å². The Labute approximate surface area is 109 Å². The Balaban J connectivity index is 2.82. The van der Waals surface area contributed by atoms with Crippen molar-refractivity contribution in [2.24, 2.45) is 5.84 Å². The molecule has 0 aromatic carbocycles. The third-order valence-corrected chi connectivity index (χ3v) is 2.28. The van der Waals surface area contributed by atoms with Crippen LogP contribution in [0, 0.1) is 10.1 Å². The maximum absolute atomic E-state index is 10.8. The molecule has 0 aliphatic carbocycles. The van der Waals surface area contributed by atoms with Gasteiger partial charge in [0.05, 0.1) is 17.6 Å². The van der Waals surface area contributed by atoms with Crippen LogP contribution in [-0.4, -0.2) is 48.4 Å². The Morgan fingerprint density at radius 2 is 2.32 bits per heavy atom. The van der Waals surface area contributed by atoms with E-state index in [-0.39, 0.29) is 23.6 Å². The summed E-state index contributed by atoms with van der Waals surface area (Å²) in [6, 6.07) is 0. The van der Waals surface area contributed by atoms with Crippen molar-refractivity contribution in [2.45, 2.75) is 6.10 Å². The monoisotopic (exact) mass is 272 g/mol. The number of nitrogens with two attached hydrogens (primary N) is 1. The molecule has 19 heavy (non-hydrogen) atoms. The van der Waals surface area contributed by atoms with E-state index in [0.717, 1.165) is 6.20 Å². The molecule has 10 nitrogen and oxygen atoms in total. The van der Waals surface area contributed by atoms with Gasteiger partial charge in [0.1, 0.15) is 6.20 Å². The van der Waals surface area contributed by atoms with Crippen LogP contribution in [0.25, 0.3) is 0 Å². The van der Waals surface area contributed by atoms with Crippen LogP contribution in [0.1, 0.15) is 0 Å². The summed E-state index contributed by atoms with van der Waals surface area (Å²) in [4.78, 5) is 17.8. The number of nitrogen functional groups attached to an aromatic ring is 1. The summed E-state index contributed by atoms with van der Waals surface area (Å²) in [5, 5.41) is 13.7. The molecule has 1 aromatic heterocycles. The summed E-state index contributed by atoms with van der Waals surface area (Å²) < 4.78 is 10.1. The topological polar surface area (TPSA) is 137 Å². The predicted octanol–water partition coefficient (Wildman–Crippen LogP) is -0.256. The van der Waals surface area contributed by atoms with Crippen LogP contribution in [0.5, 0.6) is 0 Å². The van der Waals surface area contributed by atoms with E-state index in [1.165, 1.54) is 14.2 Å². The van der Waals surface area contributed by atoms with E-state index in [0.29, 0.717) is 13.2 Å². The molecular weight excluding hydrogens is 256 g/mol. The zero-order valence-corrected chi connectivity index (χ0v) is 10.6. The average Bonchev–Trinajstić information content (AvgIpc) is 2.42. The molecule has 1 heterocycles. The standard InChI is InChI=1S/C9H16N6O4/c1-18-5-6(19-2)3-11-8-7(15(16)17)4-12-9(13-8)14-10/h4,6H,3,5,10H2,1-2H3,(H2,11,12,13,14). The number of hydrogen-bond donors (Lipinski definition) is 3. The summed E-state index contributed by atoms with van der Waals surface area (Å²) >= 11 is 0. The Bertz CT molecular complexity index is 429. The van der Waals surface area contributed by atoms with Crippen LogP contribution in [0.2, 0.25) is 0 Å². The highest BCUT2D eigenvalue weighted by Crippen LogP contribution is 2.21. The van der Waals surface area contributed by atoms with E-state index in [1.54, 1.807) is 0 Å². The van der Waals surface area contributed by atoms with Gasteiger partial charge in [0.15, 0.2) is 0 Å². The Morgan fingerprint density at radius 1 is 1.58 bits per heavy atom. The molecule has 1 unspecified atom stereocenters. The molecule has 0 aliphatic rings. The van der Waals surface area contributed by atoms with E-state index in [2.05, 4.69) is 20.7 Å². The van der Waals surface area contributed by atoms with Gasteiger partial charge in [-0.3, -0.25) is 15.5 Å². The second-order valence-corrected chi connectivity index (χ2v) is 3.52. The molecule has 0 saturated heterocycles. The molecule has 1 atom stereocenters. The van der Waals surface area contributed by atoms with Gasteiger partial charge in [0, 0.05) is 20.8 Å². The fourth-order valence-electron chi connectivity index (χ4n) is 1.32. The third kappa shape index (κ3) is 4.28. The highest BCUT2D eigenvalue weighted by Gasteiger charge is 2.18. The second-order valence-electron chi connectivity index (χ2n) is 3.52. The maximum atomic E-state index is 10.8.